The minimum absolute atomic E-state index is 0.0170. The average Bonchev–Trinajstić information content (AvgIpc) is 3.44. The van der Waals surface area contributed by atoms with Gasteiger partial charge in [-0.25, -0.2) is 5.01 Å². The molecule has 2 aliphatic carbocycles. The molecule has 1 saturated heterocycles. The molecule has 0 spiro atoms. The Morgan fingerprint density at radius 1 is 1.03 bits per heavy atom. The first-order valence-corrected chi connectivity index (χ1v) is 13.3. The summed E-state index contributed by atoms with van der Waals surface area (Å²) in [5.74, 6) is -2.70. The summed E-state index contributed by atoms with van der Waals surface area (Å²) in [5.41, 5.74) is 0.246. The van der Waals surface area contributed by atoms with Crippen LogP contribution in [0.5, 0.6) is 0 Å². The van der Waals surface area contributed by atoms with E-state index >= 15 is 0 Å². The predicted molar refractivity (Wildman–Crippen MR) is 135 cm³/mol. The molecule has 6 atom stereocenters. The maximum Gasteiger partial charge on any atom is 0.273 e. The zero-order valence-corrected chi connectivity index (χ0v) is 22.5. The Kier molecular flexibility index (Phi) is 6.44. The van der Waals surface area contributed by atoms with Crippen molar-refractivity contribution in [2.75, 3.05) is 0 Å². The molecule has 5 rings (SSSR count). The van der Waals surface area contributed by atoms with Crippen molar-refractivity contribution in [2.45, 2.75) is 22.6 Å². The van der Waals surface area contributed by atoms with Gasteiger partial charge in [0.25, 0.3) is 23.4 Å². The van der Waals surface area contributed by atoms with Crippen LogP contribution in [0.1, 0.15) is 22.3 Å². The molecule has 1 aliphatic heterocycles. The van der Waals surface area contributed by atoms with E-state index in [4.69, 9.17) is 23.2 Å². The summed E-state index contributed by atoms with van der Waals surface area (Å²) in [6, 6.07) is 9.94. The summed E-state index contributed by atoms with van der Waals surface area (Å²) >= 11 is 19.5. The van der Waals surface area contributed by atoms with Crippen molar-refractivity contribution in [3.05, 3.63) is 73.8 Å². The molecule has 2 saturated carbocycles. The second-order valence-electron chi connectivity index (χ2n) is 8.91. The van der Waals surface area contributed by atoms with E-state index in [0.29, 0.717) is 10.6 Å². The number of non-ortho nitro benzene ring substituents is 1. The second-order valence-corrected chi connectivity index (χ2v) is 11.8. The number of halogens is 4. The van der Waals surface area contributed by atoms with Gasteiger partial charge in [-0.2, -0.15) is 5.01 Å². The van der Waals surface area contributed by atoms with Crippen LogP contribution < -0.4 is 0 Å². The van der Waals surface area contributed by atoms with Crippen LogP contribution in [0.15, 0.2) is 42.5 Å². The molecule has 182 valence electrons. The fourth-order valence-corrected chi connectivity index (χ4v) is 7.71. The summed E-state index contributed by atoms with van der Waals surface area (Å²) in [4.78, 5) is 51.6. The highest BCUT2D eigenvalue weighted by Gasteiger charge is 2.67. The molecule has 0 aromatic heterocycles. The molecule has 0 unspecified atom stereocenters. The van der Waals surface area contributed by atoms with E-state index in [1.807, 2.05) is 0 Å². The summed E-state index contributed by atoms with van der Waals surface area (Å²) < 4.78 is 0. The van der Waals surface area contributed by atoms with Gasteiger partial charge in [0.2, 0.25) is 0 Å². The molecule has 12 heteroatoms. The van der Waals surface area contributed by atoms with Crippen LogP contribution in [-0.2, 0) is 16.1 Å². The molecule has 3 fully saturated rings. The molecule has 3 aliphatic rings. The predicted octanol–water partition coefficient (Wildman–Crippen LogP) is 5.24. The topological polar surface area (TPSA) is 101 Å². The number of benzene rings is 2. The first kappa shape index (κ1) is 24.7. The van der Waals surface area contributed by atoms with Gasteiger partial charge in [0.15, 0.2) is 0 Å². The number of fused-ring (bicyclic) bond motifs is 5. The molecule has 0 N–H and O–H groups in total. The maximum atomic E-state index is 13.7. The summed E-state index contributed by atoms with van der Waals surface area (Å²) in [6.07, 6.45) is 0.748. The van der Waals surface area contributed by atoms with Crippen LogP contribution in [0.4, 0.5) is 5.69 Å². The van der Waals surface area contributed by atoms with Crippen molar-refractivity contribution in [1.82, 2.24) is 10.0 Å². The molecule has 35 heavy (non-hydrogen) atoms. The largest absolute Gasteiger partial charge is 0.273 e. The van der Waals surface area contributed by atoms with Gasteiger partial charge in [-0.05, 0) is 42.0 Å². The Bertz CT molecular complexity index is 1250. The third-order valence-corrected chi connectivity index (χ3v) is 11.0. The zero-order valence-electron chi connectivity index (χ0n) is 17.8. The Morgan fingerprint density at radius 3 is 2.23 bits per heavy atom. The number of carbonyl (C=O) groups excluding carboxylic acids is 3. The van der Waals surface area contributed by atoms with Crippen molar-refractivity contribution < 1.29 is 19.3 Å². The van der Waals surface area contributed by atoms with Crippen molar-refractivity contribution in [1.29, 1.82) is 0 Å². The van der Waals surface area contributed by atoms with Crippen LogP contribution in [0.2, 0.25) is 10.0 Å². The first-order valence-electron chi connectivity index (χ1n) is 10.8. The number of hydrogen-bond acceptors (Lipinski definition) is 5. The lowest BCUT2D eigenvalue weighted by atomic mass is 9.81. The zero-order chi connectivity index (χ0) is 25.2. The molecular weight excluding hydrogens is 629 g/mol. The van der Waals surface area contributed by atoms with Crippen LogP contribution in [0.25, 0.3) is 0 Å². The van der Waals surface area contributed by atoms with Gasteiger partial charge in [-0.15, -0.1) is 0 Å². The van der Waals surface area contributed by atoms with Crippen molar-refractivity contribution in [2.24, 2.45) is 23.7 Å². The number of rotatable bonds is 5. The van der Waals surface area contributed by atoms with Crippen LogP contribution in [-0.4, -0.2) is 42.3 Å². The van der Waals surface area contributed by atoms with E-state index in [1.54, 1.807) is 18.2 Å². The number of nitrogens with zero attached hydrogens (tertiary/aromatic N) is 3. The molecular formula is C23H17Br2Cl2N3O5. The number of imide groups is 1. The number of hydrazine groups is 1. The van der Waals surface area contributed by atoms with Gasteiger partial charge >= 0.3 is 0 Å². The van der Waals surface area contributed by atoms with Crippen LogP contribution >= 0.6 is 55.1 Å². The Hall–Kier alpha value is -2.01. The van der Waals surface area contributed by atoms with Gasteiger partial charge in [0.1, 0.15) is 0 Å². The van der Waals surface area contributed by atoms with Crippen molar-refractivity contribution in [3.8, 4) is 0 Å². The van der Waals surface area contributed by atoms with Gasteiger partial charge in [-0.3, -0.25) is 24.5 Å². The van der Waals surface area contributed by atoms with Gasteiger partial charge in [0, 0.05) is 27.4 Å². The van der Waals surface area contributed by atoms with E-state index in [2.05, 4.69) is 31.9 Å². The molecule has 2 aromatic carbocycles. The minimum atomic E-state index is -0.709. The van der Waals surface area contributed by atoms with E-state index < -0.39 is 34.5 Å². The maximum absolute atomic E-state index is 13.7. The summed E-state index contributed by atoms with van der Waals surface area (Å²) in [7, 11) is 0. The van der Waals surface area contributed by atoms with Gasteiger partial charge < -0.3 is 0 Å². The summed E-state index contributed by atoms with van der Waals surface area (Å²) in [5, 5.41) is 13.8. The van der Waals surface area contributed by atoms with Crippen molar-refractivity contribution >= 4 is 78.5 Å². The SMILES string of the molecule is O=C(c1cccc([N+](=O)[O-])c1)N(Cc1ccc(Cl)c(Cl)c1)N1C(=O)[C@@H]2[C@H]3C[C@@H]([C@@H](Br)[C@H]3Br)[C@H]2C1=O. The number of alkyl halides is 2. The Morgan fingerprint density at radius 2 is 1.66 bits per heavy atom. The number of carbonyl (C=O) groups is 3. The minimum Gasteiger partial charge on any atom is -0.272 e. The Labute approximate surface area is 226 Å². The summed E-state index contributed by atoms with van der Waals surface area (Å²) in [6.45, 7) is -0.153. The highest BCUT2D eigenvalue weighted by Crippen LogP contribution is 2.60. The molecule has 1 heterocycles. The van der Waals surface area contributed by atoms with Crippen LogP contribution in [0, 0.1) is 33.8 Å². The lowest BCUT2D eigenvalue weighted by Gasteiger charge is -2.31. The average molecular weight is 646 g/mol. The lowest BCUT2D eigenvalue weighted by molar-refractivity contribution is -0.384. The third-order valence-electron chi connectivity index (χ3n) is 7.06. The van der Waals surface area contributed by atoms with Gasteiger partial charge in [-0.1, -0.05) is 67.2 Å². The normalized spacial score (nSPS) is 29.0. The van der Waals surface area contributed by atoms with E-state index in [-0.39, 0.29) is 44.3 Å². The fourth-order valence-electron chi connectivity index (χ4n) is 5.52. The quantitative estimate of drug-likeness (QED) is 0.192. The molecule has 3 amide bonds. The molecule has 0 radical (unpaired) electrons. The van der Waals surface area contributed by atoms with E-state index in [9.17, 15) is 24.5 Å². The highest BCUT2D eigenvalue weighted by atomic mass is 79.9. The number of amides is 3. The third kappa shape index (κ3) is 3.98. The fraction of sp³-hybridized carbons (Fsp3) is 0.348. The standard InChI is InChI=1S/C23H17Br2Cl2N3O5/c24-19-13-8-14(20(19)25)18-17(13)22(32)29(23(18)33)28(9-10-4-5-15(26)16(27)6-10)21(31)11-2-1-3-12(7-11)30(34)35/h1-7,13-14,17-20H,8-9H2/t13-,14-,17-,18-,19-,20+/m1/s1. The monoisotopic (exact) mass is 643 g/mol. The van der Waals surface area contributed by atoms with E-state index in [0.717, 1.165) is 22.5 Å². The smallest absolute Gasteiger partial charge is 0.272 e. The molecule has 8 nitrogen and oxygen atoms in total. The first-order chi connectivity index (χ1) is 16.6. The number of hydrogen-bond donors (Lipinski definition) is 0. The van der Waals surface area contributed by atoms with Gasteiger partial charge in [0.05, 0.1) is 33.3 Å². The van der Waals surface area contributed by atoms with Crippen molar-refractivity contribution in [3.63, 3.8) is 0 Å². The van der Waals surface area contributed by atoms with E-state index in [1.165, 1.54) is 18.2 Å². The molecule has 2 aromatic rings. The highest BCUT2D eigenvalue weighted by molar-refractivity contribution is 9.12. The molecule has 2 bridgehead atoms. The number of nitro benzene ring substituents is 1. The lowest BCUT2D eigenvalue weighted by Crippen LogP contribution is -2.50. The van der Waals surface area contributed by atoms with Crippen LogP contribution in [0.3, 0.4) is 0 Å². The Balaban J connectivity index is 1.55. The second kappa shape index (κ2) is 9.14. The number of nitro groups is 1.